The van der Waals surface area contributed by atoms with Crippen molar-refractivity contribution in [1.29, 1.82) is 0 Å². The molecule has 0 radical (unpaired) electrons. The van der Waals surface area contributed by atoms with Crippen LogP contribution in [0.3, 0.4) is 0 Å². The third-order valence-corrected chi connectivity index (χ3v) is 2.60. The molecule has 7 nitrogen and oxygen atoms in total. The summed E-state index contributed by atoms with van der Waals surface area (Å²) < 4.78 is 1.31. The minimum atomic E-state index is -0.590. The summed E-state index contributed by atoms with van der Waals surface area (Å²) in [5.74, 6) is 0.0305. The van der Waals surface area contributed by atoms with E-state index in [9.17, 15) is 10.1 Å². The van der Waals surface area contributed by atoms with Gasteiger partial charge in [0.15, 0.2) is 0 Å². The first-order valence-corrected chi connectivity index (χ1v) is 5.50. The monoisotopic (exact) mass is 257 g/mol. The molecule has 7 heteroatoms. The second-order valence-electron chi connectivity index (χ2n) is 3.85. The summed E-state index contributed by atoms with van der Waals surface area (Å²) in [6, 6.07) is 9.49. The molecule has 0 aliphatic rings. The van der Waals surface area contributed by atoms with Gasteiger partial charge in [0.1, 0.15) is 0 Å². The Kier molecular flexibility index (Phi) is 3.43. The molecule has 1 heterocycles. The molecule has 96 valence electrons. The highest BCUT2D eigenvalue weighted by atomic mass is 16.6. The maximum atomic E-state index is 11.0. The predicted molar refractivity (Wildman–Crippen MR) is 69.9 cm³/mol. The average molecular weight is 257 g/mol. The van der Waals surface area contributed by atoms with Crippen molar-refractivity contribution in [1.82, 2.24) is 9.78 Å². The second-order valence-corrected chi connectivity index (χ2v) is 3.85. The van der Waals surface area contributed by atoms with Crippen LogP contribution in [0.15, 0.2) is 30.3 Å². The Bertz CT molecular complexity index is 642. The van der Waals surface area contributed by atoms with Gasteiger partial charge in [0.05, 0.1) is 12.0 Å². The van der Waals surface area contributed by atoms with E-state index >= 15 is 0 Å². The van der Waals surface area contributed by atoms with Crippen molar-refractivity contribution >= 4 is 17.3 Å². The van der Waals surface area contributed by atoms with E-state index in [1.54, 1.807) is 7.05 Å². The quantitative estimate of drug-likeness (QED) is 0.518. The van der Waals surface area contributed by atoms with Crippen LogP contribution in [0.5, 0.6) is 0 Å². The van der Waals surface area contributed by atoms with Gasteiger partial charge in [-0.1, -0.05) is 36.9 Å². The maximum absolute atomic E-state index is 11.0. The van der Waals surface area contributed by atoms with E-state index in [2.05, 4.69) is 15.3 Å². The summed E-state index contributed by atoms with van der Waals surface area (Å²) in [7, 11) is 1.56. The van der Waals surface area contributed by atoms with Crippen LogP contribution in [0.2, 0.25) is 0 Å². The third-order valence-electron chi connectivity index (χ3n) is 2.60. The Morgan fingerprint density at radius 1 is 1.47 bits per heavy atom. The van der Waals surface area contributed by atoms with Crippen molar-refractivity contribution in [2.24, 2.45) is 7.05 Å². The number of hydrogen-bond acceptors (Lipinski definition) is 4. The fraction of sp³-hybridized carbons (Fsp3) is 0.167. The molecule has 2 aromatic rings. The number of nitro groups is 1. The molecular weight excluding hydrogens is 246 g/mol. The summed E-state index contributed by atoms with van der Waals surface area (Å²) in [6.45, 7) is 7.33. The number of hydrogen-bond donors (Lipinski definition) is 1. The van der Waals surface area contributed by atoms with Crippen molar-refractivity contribution in [2.75, 3.05) is 5.32 Å². The average Bonchev–Trinajstić information content (AvgIpc) is 2.74. The normalized spacial score (nSPS) is 9.89. The van der Waals surface area contributed by atoms with Gasteiger partial charge in [0.25, 0.3) is 0 Å². The van der Waals surface area contributed by atoms with Crippen LogP contribution in [0.1, 0.15) is 5.56 Å². The molecule has 0 saturated carbocycles. The van der Waals surface area contributed by atoms with E-state index in [1.807, 2.05) is 30.3 Å². The number of nitrogens with zero attached hydrogens (tertiary/aromatic N) is 4. The molecule has 19 heavy (non-hydrogen) atoms. The van der Waals surface area contributed by atoms with Gasteiger partial charge in [-0.05, 0) is 10.7 Å². The van der Waals surface area contributed by atoms with Crippen LogP contribution >= 0.6 is 0 Å². The zero-order chi connectivity index (χ0) is 13.8. The Hall–Kier alpha value is -2.88. The lowest BCUT2D eigenvalue weighted by Gasteiger charge is -2.04. The van der Waals surface area contributed by atoms with Crippen molar-refractivity contribution in [2.45, 2.75) is 6.54 Å². The molecule has 0 atom stereocenters. The lowest BCUT2D eigenvalue weighted by atomic mass is 10.2. The van der Waals surface area contributed by atoms with E-state index in [0.29, 0.717) is 6.54 Å². The van der Waals surface area contributed by atoms with Crippen LogP contribution < -0.4 is 5.32 Å². The zero-order valence-electron chi connectivity index (χ0n) is 10.2. The fourth-order valence-corrected chi connectivity index (χ4v) is 1.72. The Labute approximate surface area is 109 Å². The lowest BCUT2D eigenvalue weighted by molar-refractivity contribution is -0.383. The molecule has 1 aromatic carbocycles. The van der Waals surface area contributed by atoms with Gasteiger partial charge >= 0.3 is 11.5 Å². The summed E-state index contributed by atoms with van der Waals surface area (Å²) in [5.41, 5.74) is 0.704. The first-order chi connectivity index (χ1) is 9.13. The number of anilines is 1. The third kappa shape index (κ3) is 2.52. The zero-order valence-corrected chi connectivity index (χ0v) is 10.2. The molecule has 0 saturated heterocycles. The van der Waals surface area contributed by atoms with E-state index in [4.69, 9.17) is 6.57 Å². The number of aryl methyl sites for hydroxylation is 1. The molecule has 0 aliphatic carbocycles. The summed E-state index contributed by atoms with van der Waals surface area (Å²) in [6.07, 6.45) is 0. The van der Waals surface area contributed by atoms with Crippen molar-refractivity contribution < 1.29 is 4.92 Å². The minimum Gasteiger partial charge on any atom is -0.360 e. The van der Waals surface area contributed by atoms with Gasteiger partial charge in [-0.2, -0.15) is 4.68 Å². The molecule has 0 amide bonds. The molecule has 2 rings (SSSR count). The molecular formula is C12H11N5O2. The van der Waals surface area contributed by atoms with Gasteiger partial charge in [-0.3, -0.25) is 10.1 Å². The molecule has 1 aromatic heterocycles. The smallest absolute Gasteiger partial charge is 0.360 e. The van der Waals surface area contributed by atoms with Crippen LogP contribution in [-0.4, -0.2) is 14.7 Å². The van der Waals surface area contributed by atoms with E-state index in [-0.39, 0.29) is 17.3 Å². The Morgan fingerprint density at radius 3 is 2.74 bits per heavy atom. The largest absolute Gasteiger partial charge is 0.375 e. The number of benzene rings is 1. The molecule has 0 aliphatic heterocycles. The van der Waals surface area contributed by atoms with Gasteiger partial charge in [0.2, 0.25) is 5.82 Å². The topological polar surface area (TPSA) is 77.3 Å². The molecule has 0 unspecified atom stereocenters. The highest BCUT2D eigenvalue weighted by Gasteiger charge is 2.28. The van der Waals surface area contributed by atoms with Crippen molar-refractivity contribution in [3.05, 3.63) is 57.4 Å². The van der Waals surface area contributed by atoms with Gasteiger partial charge in [-0.25, -0.2) is 0 Å². The van der Waals surface area contributed by atoms with E-state index in [1.165, 1.54) is 4.68 Å². The van der Waals surface area contributed by atoms with E-state index in [0.717, 1.165) is 5.56 Å². The SMILES string of the molecule is [C-]#[N+]c1nn(C)c(NCc2ccccc2)c1[N+](=O)[O-]. The summed E-state index contributed by atoms with van der Waals surface area (Å²) in [5, 5.41) is 17.8. The predicted octanol–water partition coefficient (Wildman–Crippen LogP) is 2.49. The van der Waals surface area contributed by atoms with Gasteiger partial charge in [0, 0.05) is 6.54 Å². The highest BCUT2D eigenvalue weighted by molar-refractivity contribution is 5.71. The van der Waals surface area contributed by atoms with Crippen LogP contribution in [0, 0.1) is 16.7 Å². The summed E-state index contributed by atoms with van der Waals surface area (Å²) in [4.78, 5) is 13.5. The fourth-order valence-electron chi connectivity index (χ4n) is 1.72. The number of nitrogens with one attached hydrogen (secondary N) is 1. The Balaban J connectivity index is 2.28. The molecule has 0 bridgehead atoms. The van der Waals surface area contributed by atoms with Crippen molar-refractivity contribution in [3.8, 4) is 0 Å². The maximum Gasteiger partial charge on any atom is 0.375 e. The standard InChI is InChI=1S/C12H11N5O2/c1-13-11-10(17(18)19)12(16(2)15-11)14-8-9-6-4-3-5-7-9/h3-7,14H,8H2,2H3. The van der Waals surface area contributed by atoms with Crippen LogP contribution in [-0.2, 0) is 13.6 Å². The Morgan fingerprint density at radius 2 is 2.16 bits per heavy atom. The number of rotatable bonds is 4. The van der Waals surface area contributed by atoms with Gasteiger partial charge in [-0.15, -0.1) is 0 Å². The second kappa shape index (κ2) is 5.18. The van der Waals surface area contributed by atoms with Crippen LogP contribution in [0.4, 0.5) is 17.3 Å². The van der Waals surface area contributed by atoms with Crippen LogP contribution in [0.25, 0.3) is 4.85 Å². The molecule has 1 N–H and O–H groups in total. The molecule has 0 spiro atoms. The summed E-state index contributed by atoms with van der Waals surface area (Å²) >= 11 is 0. The van der Waals surface area contributed by atoms with Crippen molar-refractivity contribution in [3.63, 3.8) is 0 Å². The first-order valence-electron chi connectivity index (χ1n) is 5.50. The first kappa shape index (κ1) is 12.6. The lowest BCUT2D eigenvalue weighted by Crippen LogP contribution is -2.06. The highest BCUT2D eigenvalue weighted by Crippen LogP contribution is 2.34. The number of aromatic nitrogens is 2. The molecule has 0 fully saturated rings. The van der Waals surface area contributed by atoms with E-state index < -0.39 is 4.92 Å². The van der Waals surface area contributed by atoms with Gasteiger partial charge < -0.3 is 10.2 Å². The minimum absolute atomic E-state index is 0.205.